The molecule has 0 amide bonds. The minimum absolute atomic E-state index is 0.102. The summed E-state index contributed by atoms with van der Waals surface area (Å²) >= 11 is 1.68. The van der Waals surface area contributed by atoms with Crippen LogP contribution in [0, 0.1) is 19.7 Å². The fourth-order valence-corrected chi connectivity index (χ4v) is 2.92. The van der Waals surface area contributed by atoms with E-state index in [9.17, 15) is 4.39 Å². The van der Waals surface area contributed by atoms with Gasteiger partial charge in [-0.25, -0.2) is 9.37 Å². The maximum Gasteiger partial charge on any atom is 0.126 e. The van der Waals surface area contributed by atoms with Gasteiger partial charge < -0.3 is 5.32 Å². The molecule has 19 heavy (non-hydrogen) atoms. The van der Waals surface area contributed by atoms with Gasteiger partial charge in [0.15, 0.2) is 0 Å². The molecule has 1 atom stereocenters. The van der Waals surface area contributed by atoms with E-state index < -0.39 is 0 Å². The lowest BCUT2D eigenvalue weighted by molar-refractivity contribution is 0.595. The molecule has 0 saturated heterocycles. The van der Waals surface area contributed by atoms with Crippen LogP contribution in [0.25, 0.3) is 0 Å². The largest absolute Gasteiger partial charge is 0.306 e. The van der Waals surface area contributed by atoms with Crippen molar-refractivity contribution in [1.29, 1.82) is 0 Å². The Hall–Kier alpha value is -1.26. The molecule has 0 aliphatic heterocycles. The highest BCUT2D eigenvalue weighted by molar-refractivity contribution is 7.11. The van der Waals surface area contributed by atoms with Crippen molar-refractivity contribution in [2.45, 2.75) is 33.2 Å². The zero-order chi connectivity index (χ0) is 13.8. The van der Waals surface area contributed by atoms with Gasteiger partial charge in [-0.05, 0) is 44.0 Å². The van der Waals surface area contributed by atoms with Gasteiger partial charge in [-0.1, -0.05) is 19.1 Å². The molecule has 4 heteroatoms. The number of benzene rings is 1. The van der Waals surface area contributed by atoms with Crippen molar-refractivity contribution in [3.05, 3.63) is 51.2 Å². The third kappa shape index (κ3) is 3.39. The summed E-state index contributed by atoms with van der Waals surface area (Å²) < 4.78 is 13.4. The lowest BCUT2D eigenvalue weighted by atomic mass is 10.0. The molecule has 102 valence electrons. The molecule has 0 aliphatic carbocycles. The van der Waals surface area contributed by atoms with Crippen LogP contribution in [0.3, 0.4) is 0 Å². The maximum atomic E-state index is 13.4. The third-order valence-corrected chi connectivity index (χ3v) is 4.02. The van der Waals surface area contributed by atoms with E-state index in [0.29, 0.717) is 5.56 Å². The number of thiazole rings is 1. The van der Waals surface area contributed by atoms with E-state index in [0.717, 1.165) is 23.5 Å². The van der Waals surface area contributed by atoms with E-state index in [2.05, 4.69) is 17.2 Å². The normalized spacial score (nSPS) is 12.6. The van der Waals surface area contributed by atoms with E-state index in [1.165, 1.54) is 4.88 Å². The number of hydrogen-bond acceptors (Lipinski definition) is 3. The van der Waals surface area contributed by atoms with Gasteiger partial charge in [-0.15, -0.1) is 11.3 Å². The number of halogens is 1. The molecule has 2 rings (SSSR count). The molecule has 1 heterocycles. The lowest BCUT2D eigenvalue weighted by Crippen LogP contribution is -2.22. The van der Waals surface area contributed by atoms with Crippen LogP contribution in [-0.2, 0) is 0 Å². The highest BCUT2D eigenvalue weighted by Gasteiger charge is 2.16. The Bertz CT molecular complexity index is 551. The molecular weight excluding hydrogens is 259 g/mol. The topological polar surface area (TPSA) is 24.9 Å². The Labute approximate surface area is 117 Å². The molecule has 0 radical (unpaired) electrons. The number of aryl methyl sites for hydroxylation is 2. The molecular formula is C15H19FN2S. The molecule has 0 spiro atoms. The van der Waals surface area contributed by atoms with Gasteiger partial charge in [0.1, 0.15) is 5.82 Å². The first kappa shape index (κ1) is 14.2. The summed E-state index contributed by atoms with van der Waals surface area (Å²) in [7, 11) is 0. The van der Waals surface area contributed by atoms with Crippen LogP contribution >= 0.6 is 11.3 Å². The molecule has 2 nitrogen and oxygen atoms in total. The van der Waals surface area contributed by atoms with Crippen LogP contribution in [0.5, 0.6) is 0 Å². The minimum Gasteiger partial charge on any atom is -0.306 e. The Kier molecular flexibility index (Phi) is 4.66. The van der Waals surface area contributed by atoms with Crippen molar-refractivity contribution < 1.29 is 4.39 Å². The number of nitrogens with one attached hydrogen (secondary N) is 1. The molecule has 0 aliphatic rings. The standard InChI is InChI=1S/C15H19FN2S/c1-4-7-17-15(14-9-18-11(3)19-14)12-5-6-13(16)10(2)8-12/h5-6,8-9,15,17H,4,7H2,1-3H3. The number of aromatic nitrogens is 1. The van der Waals surface area contributed by atoms with Crippen molar-refractivity contribution >= 4 is 11.3 Å². The second-order valence-electron chi connectivity index (χ2n) is 4.68. The molecule has 1 aromatic carbocycles. The van der Waals surface area contributed by atoms with Gasteiger partial charge in [0.05, 0.1) is 11.0 Å². The van der Waals surface area contributed by atoms with E-state index in [4.69, 9.17) is 0 Å². The Morgan fingerprint density at radius 1 is 1.37 bits per heavy atom. The predicted octanol–water partition coefficient (Wildman–Crippen LogP) is 3.99. The highest BCUT2D eigenvalue weighted by atomic mass is 32.1. The van der Waals surface area contributed by atoms with Crippen molar-refractivity contribution in [1.82, 2.24) is 10.3 Å². The smallest absolute Gasteiger partial charge is 0.126 e. The fraction of sp³-hybridized carbons (Fsp3) is 0.400. The third-order valence-electron chi connectivity index (χ3n) is 3.04. The van der Waals surface area contributed by atoms with Crippen molar-refractivity contribution in [3.8, 4) is 0 Å². The Balaban J connectivity index is 2.33. The Morgan fingerprint density at radius 2 is 2.16 bits per heavy atom. The highest BCUT2D eigenvalue weighted by Crippen LogP contribution is 2.27. The first-order valence-corrected chi connectivity index (χ1v) is 7.35. The number of hydrogen-bond donors (Lipinski definition) is 1. The monoisotopic (exact) mass is 278 g/mol. The second kappa shape index (κ2) is 6.26. The molecule has 2 aromatic rings. The van der Waals surface area contributed by atoms with Gasteiger partial charge in [0.2, 0.25) is 0 Å². The predicted molar refractivity (Wildman–Crippen MR) is 78.1 cm³/mol. The summed E-state index contributed by atoms with van der Waals surface area (Å²) in [5.41, 5.74) is 1.78. The van der Waals surface area contributed by atoms with Crippen molar-refractivity contribution in [2.75, 3.05) is 6.54 Å². The van der Waals surface area contributed by atoms with Crippen LogP contribution in [0.4, 0.5) is 4.39 Å². The molecule has 1 unspecified atom stereocenters. The summed E-state index contributed by atoms with van der Waals surface area (Å²) in [5.74, 6) is -0.154. The SMILES string of the molecule is CCCNC(c1ccc(F)c(C)c1)c1cnc(C)s1. The number of nitrogens with zero attached hydrogens (tertiary/aromatic N) is 1. The zero-order valence-electron chi connectivity index (χ0n) is 11.5. The molecule has 0 bridgehead atoms. The quantitative estimate of drug-likeness (QED) is 0.894. The molecule has 0 fully saturated rings. The van der Waals surface area contributed by atoms with Gasteiger partial charge in [0.25, 0.3) is 0 Å². The maximum absolute atomic E-state index is 13.4. The minimum atomic E-state index is -0.154. The van der Waals surface area contributed by atoms with Crippen molar-refractivity contribution in [3.63, 3.8) is 0 Å². The fourth-order valence-electron chi connectivity index (χ4n) is 2.03. The summed E-state index contributed by atoms with van der Waals surface area (Å²) in [6.07, 6.45) is 2.97. The van der Waals surface area contributed by atoms with Gasteiger partial charge in [0, 0.05) is 11.1 Å². The van der Waals surface area contributed by atoms with Crippen LogP contribution in [0.1, 0.15) is 40.4 Å². The van der Waals surface area contributed by atoms with Gasteiger partial charge in [-0.3, -0.25) is 0 Å². The van der Waals surface area contributed by atoms with Crippen molar-refractivity contribution in [2.24, 2.45) is 0 Å². The molecule has 1 aromatic heterocycles. The first-order chi connectivity index (χ1) is 9.11. The first-order valence-electron chi connectivity index (χ1n) is 6.53. The molecule has 1 N–H and O–H groups in total. The second-order valence-corrected chi connectivity index (χ2v) is 5.94. The lowest BCUT2D eigenvalue weighted by Gasteiger charge is -2.18. The van der Waals surface area contributed by atoms with E-state index in [-0.39, 0.29) is 11.9 Å². The van der Waals surface area contributed by atoms with E-state index in [1.54, 1.807) is 24.3 Å². The van der Waals surface area contributed by atoms with E-state index in [1.807, 2.05) is 25.3 Å². The average molecular weight is 278 g/mol. The van der Waals surface area contributed by atoms with Gasteiger partial charge >= 0.3 is 0 Å². The summed E-state index contributed by atoms with van der Waals surface area (Å²) in [5, 5.41) is 4.56. The van der Waals surface area contributed by atoms with Gasteiger partial charge in [-0.2, -0.15) is 0 Å². The van der Waals surface area contributed by atoms with Crippen LogP contribution in [-0.4, -0.2) is 11.5 Å². The number of rotatable bonds is 5. The average Bonchev–Trinajstić information content (AvgIpc) is 2.80. The van der Waals surface area contributed by atoms with E-state index >= 15 is 0 Å². The summed E-state index contributed by atoms with van der Waals surface area (Å²) in [6.45, 7) is 6.87. The van der Waals surface area contributed by atoms with Crippen LogP contribution in [0.15, 0.2) is 24.4 Å². The summed E-state index contributed by atoms with van der Waals surface area (Å²) in [4.78, 5) is 5.49. The molecule has 0 saturated carbocycles. The summed E-state index contributed by atoms with van der Waals surface area (Å²) in [6, 6.07) is 5.41. The zero-order valence-corrected chi connectivity index (χ0v) is 12.4. The van der Waals surface area contributed by atoms with Crippen LogP contribution < -0.4 is 5.32 Å². The Morgan fingerprint density at radius 3 is 2.74 bits per heavy atom. The van der Waals surface area contributed by atoms with Crippen LogP contribution in [0.2, 0.25) is 0 Å².